The van der Waals surface area contributed by atoms with E-state index in [1.54, 1.807) is 12.1 Å². The summed E-state index contributed by atoms with van der Waals surface area (Å²) in [5, 5.41) is 4.27. The fraction of sp³-hybridized carbons (Fsp3) is 0.261. The van der Waals surface area contributed by atoms with Crippen molar-refractivity contribution in [2.75, 3.05) is 18.8 Å². The highest BCUT2D eigenvalue weighted by Crippen LogP contribution is 2.31. The quantitative estimate of drug-likeness (QED) is 0.575. The number of benzene rings is 2. The van der Waals surface area contributed by atoms with Crippen molar-refractivity contribution in [1.82, 2.24) is 10.3 Å². The zero-order valence-electron chi connectivity index (χ0n) is 16.0. The van der Waals surface area contributed by atoms with E-state index in [0.717, 1.165) is 46.9 Å². The molecule has 1 aliphatic rings. The van der Waals surface area contributed by atoms with E-state index in [1.165, 1.54) is 11.8 Å². The molecule has 0 saturated carbocycles. The average Bonchev–Trinajstić information content (AvgIpc) is 2.78. The summed E-state index contributed by atoms with van der Waals surface area (Å²) in [5.41, 5.74) is 3.09. The number of nitrogens with zero attached hydrogens (tertiary/aromatic N) is 1. The molecule has 29 heavy (non-hydrogen) atoms. The Morgan fingerprint density at radius 2 is 1.86 bits per heavy atom. The van der Waals surface area contributed by atoms with E-state index in [2.05, 4.69) is 32.3 Å². The molecule has 0 bridgehead atoms. The Morgan fingerprint density at radius 3 is 2.62 bits per heavy atom. The van der Waals surface area contributed by atoms with Crippen LogP contribution in [0.15, 0.2) is 71.8 Å². The van der Waals surface area contributed by atoms with Gasteiger partial charge in [0, 0.05) is 16.1 Å². The van der Waals surface area contributed by atoms with Gasteiger partial charge in [-0.15, -0.1) is 0 Å². The topological polar surface area (TPSA) is 59.1 Å². The van der Waals surface area contributed by atoms with Gasteiger partial charge in [0.25, 0.3) is 0 Å². The monoisotopic (exact) mass is 470 g/mol. The number of piperidine rings is 1. The van der Waals surface area contributed by atoms with E-state index in [9.17, 15) is 8.42 Å². The number of nitrogens with one attached hydrogen (secondary N) is 1. The van der Waals surface area contributed by atoms with Gasteiger partial charge in [0.1, 0.15) is 0 Å². The van der Waals surface area contributed by atoms with E-state index >= 15 is 0 Å². The van der Waals surface area contributed by atoms with E-state index in [0.29, 0.717) is 5.92 Å². The Bertz CT molecular complexity index is 1140. The van der Waals surface area contributed by atoms with Crippen molar-refractivity contribution in [3.63, 3.8) is 0 Å². The maximum absolute atomic E-state index is 12.9. The summed E-state index contributed by atoms with van der Waals surface area (Å²) >= 11 is 3.48. The van der Waals surface area contributed by atoms with E-state index in [4.69, 9.17) is 0 Å². The molecule has 2 heterocycles. The van der Waals surface area contributed by atoms with Gasteiger partial charge in [-0.2, -0.15) is 0 Å². The molecule has 0 spiro atoms. The first-order valence-corrected chi connectivity index (χ1v) is 12.2. The molecule has 4 rings (SSSR count). The van der Waals surface area contributed by atoms with Crippen LogP contribution in [0.1, 0.15) is 29.9 Å². The molecule has 1 aromatic heterocycles. The molecule has 0 unspecified atom stereocenters. The summed E-state index contributed by atoms with van der Waals surface area (Å²) in [4.78, 5) is 4.84. The molecule has 150 valence electrons. The minimum absolute atomic E-state index is 0.0797. The van der Waals surface area contributed by atoms with Crippen molar-refractivity contribution < 1.29 is 8.42 Å². The second kappa shape index (κ2) is 8.78. The number of pyridine rings is 1. The molecule has 0 aliphatic carbocycles. The molecule has 1 aliphatic heterocycles. The average molecular weight is 471 g/mol. The number of hydrogen-bond donors (Lipinski definition) is 1. The molecule has 4 nitrogen and oxygen atoms in total. The fourth-order valence-corrected chi connectivity index (χ4v) is 5.53. The SMILES string of the molecule is O=S(=O)(CC=C(Br)c1ccccc1)c1cnc2c(C3CCNCC3)cccc2c1. The van der Waals surface area contributed by atoms with Gasteiger partial charge in [0.15, 0.2) is 9.84 Å². The van der Waals surface area contributed by atoms with Crippen LogP contribution in [0.2, 0.25) is 0 Å². The van der Waals surface area contributed by atoms with Crippen molar-refractivity contribution in [3.8, 4) is 0 Å². The predicted octanol–water partition coefficient (Wildman–Crippen LogP) is 4.91. The molecule has 1 fully saturated rings. The lowest BCUT2D eigenvalue weighted by Gasteiger charge is -2.23. The maximum Gasteiger partial charge on any atom is 0.183 e. The minimum atomic E-state index is -3.47. The van der Waals surface area contributed by atoms with Gasteiger partial charge >= 0.3 is 0 Å². The lowest BCUT2D eigenvalue weighted by molar-refractivity contribution is 0.462. The Labute approximate surface area is 180 Å². The molecule has 2 aromatic carbocycles. The third-order valence-corrected chi connectivity index (χ3v) is 7.72. The molecule has 0 amide bonds. The zero-order chi connectivity index (χ0) is 20.3. The van der Waals surface area contributed by atoms with Crippen molar-refractivity contribution in [1.29, 1.82) is 0 Å². The fourth-order valence-electron chi connectivity index (χ4n) is 3.79. The van der Waals surface area contributed by atoms with Gasteiger partial charge in [-0.05, 0) is 49.0 Å². The number of sulfone groups is 1. The Morgan fingerprint density at radius 1 is 1.10 bits per heavy atom. The highest BCUT2D eigenvalue weighted by Gasteiger charge is 2.20. The van der Waals surface area contributed by atoms with E-state index < -0.39 is 9.84 Å². The van der Waals surface area contributed by atoms with Crippen LogP contribution >= 0.6 is 15.9 Å². The first-order valence-electron chi connectivity index (χ1n) is 9.78. The second-order valence-corrected chi connectivity index (χ2v) is 10.2. The van der Waals surface area contributed by atoms with Crippen LogP contribution in [-0.2, 0) is 9.84 Å². The summed E-state index contributed by atoms with van der Waals surface area (Å²) in [6, 6.07) is 17.5. The predicted molar refractivity (Wildman–Crippen MR) is 122 cm³/mol. The Hall–Kier alpha value is -2.02. The van der Waals surface area contributed by atoms with Gasteiger partial charge in [-0.25, -0.2) is 8.42 Å². The summed E-state index contributed by atoms with van der Waals surface area (Å²) in [6.07, 6.45) is 5.37. The summed E-state index contributed by atoms with van der Waals surface area (Å²) in [5.74, 6) is 0.392. The number of halogens is 1. The van der Waals surface area contributed by atoms with E-state index in [-0.39, 0.29) is 10.6 Å². The normalized spacial score (nSPS) is 16.2. The van der Waals surface area contributed by atoms with Crippen LogP contribution in [0.4, 0.5) is 0 Å². The number of fused-ring (bicyclic) bond motifs is 1. The molecule has 6 heteroatoms. The largest absolute Gasteiger partial charge is 0.317 e. The van der Waals surface area contributed by atoms with Crippen LogP contribution < -0.4 is 5.32 Å². The van der Waals surface area contributed by atoms with Crippen molar-refractivity contribution in [3.05, 3.63) is 78.0 Å². The number of rotatable bonds is 5. The van der Waals surface area contributed by atoms with Crippen LogP contribution in [0.25, 0.3) is 15.4 Å². The van der Waals surface area contributed by atoms with Gasteiger partial charge in [0.2, 0.25) is 0 Å². The standard InChI is InChI=1S/C23H23BrN2O2S/c24-22(18-5-2-1-3-6-18)11-14-29(27,28)20-15-19-7-4-8-21(23(19)26-16-20)17-9-12-25-13-10-17/h1-8,11,15-17,25H,9-10,12-14H2. The summed E-state index contributed by atoms with van der Waals surface area (Å²) in [7, 11) is -3.47. The maximum atomic E-state index is 12.9. The first kappa shape index (κ1) is 20.3. The van der Waals surface area contributed by atoms with Gasteiger partial charge in [-0.3, -0.25) is 4.98 Å². The van der Waals surface area contributed by atoms with Gasteiger partial charge < -0.3 is 5.32 Å². The molecule has 0 atom stereocenters. The number of aromatic nitrogens is 1. The molecule has 0 radical (unpaired) electrons. The highest BCUT2D eigenvalue weighted by molar-refractivity contribution is 9.15. The van der Waals surface area contributed by atoms with Crippen LogP contribution in [0.3, 0.4) is 0 Å². The van der Waals surface area contributed by atoms with Gasteiger partial charge in [0.05, 0.1) is 16.2 Å². The third kappa shape index (κ3) is 4.60. The first-order chi connectivity index (χ1) is 14.0. The highest BCUT2D eigenvalue weighted by atomic mass is 79.9. The zero-order valence-corrected chi connectivity index (χ0v) is 18.4. The lowest BCUT2D eigenvalue weighted by Crippen LogP contribution is -2.26. The molecule has 1 saturated heterocycles. The molecule has 3 aromatic rings. The summed E-state index contributed by atoms with van der Waals surface area (Å²) in [6.45, 7) is 2.02. The Balaban J connectivity index is 1.62. The van der Waals surface area contributed by atoms with Gasteiger partial charge in [-0.1, -0.05) is 70.5 Å². The minimum Gasteiger partial charge on any atom is -0.317 e. The van der Waals surface area contributed by atoms with Crippen LogP contribution in [-0.4, -0.2) is 32.2 Å². The third-order valence-electron chi connectivity index (χ3n) is 5.39. The van der Waals surface area contributed by atoms with E-state index in [1.807, 2.05) is 42.5 Å². The molecule has 1 N–H and O–H groups in total. The van der Waals surface area contributed by atoms with Crippen molar-refractivity contribution in [2.45, 2.75) is 23.7 Å². The van der Waals surface area contributed by atoms with Crippen molar-refractivity contribution in [2.24, 2.45) is 0 Å². The lowest BCUT2D eigenvalue weighted by atomic mass is 9.89. The number of para-hydroxylation sites is 1. The second-order valence-electron chi connectivity index (χ2n) is 7.31. The summed E-state index contributed by atoms with van der Waals surface area (Å²) < 4.78 is 26.5. The Kier molecular flexibility index (Phi) is 6.13. The van der Waals surface area contributed by atoms with Crippen molar-refractivity contribution >= 4 is 41.2 Å². The number of hydrogen-bond acceptors (Lipinski definition) is 4. The smallest absolute Gasteiger partial charge is 0.183 e. The molecular weight excluding hydrogens is 448 g/mol. The van der Waals surface area contributed by atoms with Crippen LogP contribution in [0, 0.1) is 0 Å². The van der Waals surface area contributed by atoms with Crippen LogP contribution in [0.5, 0.6) is 0 Å². The molecular formula is C23H23BrN2O2S.